The number of carbonyl (C=O) groups is 1. The van der Waals surface area contributed by atoms with E-state index < -0.39 is 23.8 Å². The fourth-order valence-electron chi connectivity index (χ4n) is 4.96. The van der Waals surface area contributed by atoms with Gasteiger partial charge in [0.05, 0.1) is 33.9 Å². The minimum absolute atomic E-state index is 0.0102. The number of aliphatic hydroxyl groups is 1. The molecule has 0 bridgehead atoms. The quantitative estimate of drug-likeness (QED) is 0.518. The Morgan fingerprint density at radius 1 is 1.28 bits per heavy atom. The number of nitrogens with zero attached hydrogens (tertiary/aromatic N) is 4. The van der Waals surface area contributed by atoms with E-state index in [2.05, 4.69) is 15.6 Å². The molecule has 2 aliphatic rings. The van der Waals surface area contributed by atoms with Gasteiger partial charge in [0.1, 0.15) is 17.5 Å². The lowest BCUT2D eigenvalue weighted by Gasteiger charge is -2.29. The summed E-state index contributed by atoms with van der Waals surface area (Å²) in [6.07, 6.45) is -0.276. The van der Waals surface area contributed by atoms with Crippen molar-refractivity contribution < 1.29 is 19.3 Å². The molecular formula is C26H31N5O4S. The number of aliphatic imine (C=N–C) groups is 1. The lowest BCUT2D eigenvalue weighted by molar-refractivity contribution is -0.134. The number of amidine groups is 1. The second-order valence-electron chi connectivity index (χ2n) is 10.0. The van der Waals surface area contributed by atoms with Gasteiger partial charge in [-0.05, 0) is 32.3 Å². The Balaban J connectivity index is 1.40. The Hall–Kier alpha value is -3.08. The van der Waals surface area contributed by atoms with Crippen LogP contribution in [0.5, 0.6) is 0 Å². The van der Waals surface area contributed by atoms with Crippen LogP contribution in [0.1, 0.15) is 55.8 Å². The third-order valence-electron chi connectivity index (χ3n) is 6.88. The molecule has 4 atom stereocenters. The number of amides is 1. The van der Waals surface area contributed by atoms with E-state index >= 15 is 0 Å². The molecule has 10 heteroatoms. The van der Waals surface area contributed by atoms with Gasteiger partial charge < -0.3 is 14.5 Å². The third-order valence-corrected chi connectivity index (χ3v) is 7.86. The van der Waals surface area contributed by atoms with Gasteiger partial charge in [-0.3, -0.25) is 4.79 Å². The standard InChI is InChI=1S/C26H31N5O4S/c1-14(2)22(21-10-15(3)29-34-21)25(33)31-12-19(32)11-20(31)24-28-26(5,35-30-24)18-8-6-17(7-9-18)23-16(4)27-13-36-23/h6-10,13-14,19-20,22,32H,11-12H2,1-5H3,(H,28,30). The number of aliphatic hydroxyl groups excluding tert-OH is 1. The molecule has 0 spiro atoms. The van der Waals surface area contributed by atoms with Crippen molar-refractivity contribution in [3.05, 3.63) is 58.6 Å². The van der Waals surface area contributed by atoms with Gasteiger partial charge in [-0.2, -0.15) is 0 Å². The number of carbonyl (C=O) groups excluding carboxylic acids is 1. The average Bonchev–Trinajstić information content (AvgIpc) is 3.62. The van der Waals surface area contributed by atoms with Gasteiger partial charge in [0.2, 0.25) is 11.6 Å². The molecule has 0 radical (unpaired) electrons. The van der Waals surface area contributed by atoms with Crippen molar-refractivity contribution in [1.29, 1.82) is 0 Å². The zero-order chi connectivity index (χ0) is 25.6. The highest BCUT2D eigenvalue weighted by atomic mass is 32.1. The van der Waals surface area contributed by atoms with Crippen LogP contribution >= 0.6 is 11.3 Å². The Bertz CT molecular complexity index is 1280. The number of aryl methyl sites for hydroxylation is 2. The van der Waals surface area contributed by atoms with E-state index in [1.807, 2.05) is 64.4 Å². The molecule has 9 nitrogen and oxygen atoms in total. The highest BCUT2D eigenvalue weighted by molar-refractivity contribution is 7.13. The van der Waals surface area contributed by atoms with Gasteiger partial charge in [-0.1, -0.05) is 43.3 Å². The predicted molar refractivity (Wildman–Crippen MR) is 136 cm³/mol. The van der Waals surface area contributed by atoms with Gasteiger partial charge in [0, 0.05) is 24.6 Å². The molecule has 3 aromatic rings. The van der Waals surface area contributed by atoms with Gasteiger partial charge in [0.15, 0.2) is 0 Å². The molecule has 36 heavy (non-hydrogen) atoms. The maximum atomic E-state index is 13.7. The summed E-state index contributed by atoms with van der Waals surface area (Å²) in [4.78, 5) is 31.7. The van der Waals surface area contributed by atoms with Crippen LogP contribution in [0.15, 0.2) is 45.4 Å². The van der Waals surface area contributed by atoms with Crippen LogP contribution < -0.4 is 5.48 Å². The molecule has 2 N–H and O–H groups in total. The first-order chi connectivity index (χ1) is 17.2. The van der Waals surface area contributed by atoms with Crippen LogP contribution in [0.3, 0.4) is 0 Å². The predicted octanol–water partition coefficient (Wildman–Crippen LogP) is 3.92. The van der Waals surface area contributed by atoms with E-state index in [1.54, 1.807) is 22.3 Å². The number of nitrogens with one attached hydrogen (secondary N) is 1. The van der Waals surface area contributed by atoms with Crippen molar-refractivity contribution in [2.75, 3.05) is 6.54 Å². The van der Waals surface area contributed by atoms with E-state index in [4.69, 9.17) is 14.4 Å². The van der Waals surface area contributed by atoms with E-state index in [9.17, 15) is 9.90 Å². The number of aromatic nitrogens is 2. The van der Waals surface area contributed by atoms with Crippen molar-refractivity contribution in [3.8, 4) is 10.4 Å². The topological polar surface area (TPSA) is 113 Å². The van der Waals surface area contributed by atoms with Crippen molar-refractivity contribution in [2.24, 2.45) is 10.9 Å². The maximum absolute atomic E-state index is 13.7. The van der Waals surface area contributed by atoms with Gasteiger partial charge in [-0.15, -0.1) is 11.3 Å². The Morgan fingerprint density at radius 3 is 2.64 bits per heavy atom. The number of hydrogen-bond donors (Lipinski definition) is 2. The molecule has 4 unspecified atom stereocenters. The molecule has 4 heterocycles. The average molecular weight is 510 g/mol. The molecule has 0 aliphatic carbocycles. The number of hydroxylamine groups is 1. The van der Waals surface area contributed by atoms with E-state index in [0.29, 0.717) is 18.0 Å². The highest BCUT2D eigenvalue weighted by Gasteiger charge is 2.45. The van der Waals surface area contributed by atoms with Crippen LogP contribution in [0, 0.1) is 19.8 Å². The summed E-state index contributed by atoms with van der Waals surface area (Å²) in [7, 11) is 0. The Morgan fingerprint density at radius 2 is 2.03 bits per heavy atom. The fourth-order valence-corrected chi connectivity index (χ4v) is 5.78. The summed E-state index contributed by atoms with van der Waals surface area (Å²) >= 11 is 1.61. The van der Waals surface area contributed by atoms with Crippen LogP contribution in [0.4, 0.5) is 0 Å². The first-order valence-electron chi connectivity index (χ1n) is 12.1. The molecule has 1 saturated heterocycles. The SMILES string of the molecule is Cc1cc(C(C(=O)N2CC(O)CC2C2=NC(C)(c3ccc(-c4scnc4C)cc3)ON2)C(C)C)on1. The smallest absolute Gasteiger partial charge is 0.234 e. The molecule has 2 aromatic heterocycles. The number of rotatable bonds is 6. The molecule has 5 rings (SSSR count). The number of thiazole rings is 1. The summed E-state index contributed by atoms with van der Waals surface area (Å²) in [5.41, 5.74) is 7.54. The molecule has 0 saturated carbocycles. The Labute approximate surface area is 214 Å². The van der Waals surface area contributed by atoms with E-state index in [0.717, 1.165) is 27.4 Å². The van der Waals surface area contributed by atoms with E-state index in [1.165, 1.54) is 0 Å². The molecule has 1 fully saturated rings. The first kappa shape index (κ1) is 24.6. The summed E-state index contributed by atoms with van der Waals surface area (Å²) in [6.45, 7) is 9.89. The second-order valence-corrected chi connectivity index (χ2v) is 10.9. The normalized spacial score (nSPS) is 24.8. The summed E-state index contributed by atoms with van der Waals surface area (Å²) in [5, 5.41) is 14.5. The minimum Gasteiger partial charge on any atom is -0.391 e. The number of benzene rings is 1. The lowest BCUT2D eigenvalue weighted by atomic mass is 9.91. The van der Waals surface area contributed by atoms with Gasteiger partial charge in [-0.25, -0.2) is 20.3 Å². The van der Waals surface area contributed by atoms with Crippen molar-refractivity contribution in [1.82, 2.24) is 20.5 Å². The molecule has 190 valence electrons. The molecule has 2 aliphatic heterocycles. The van der Waals surface area contributed by atoms with Crippen molar-refractivity contribution in [2.45, 2.75) is 64.8 Å². The van der Waals surface area contributed by atoms with E-state index in [-0.39, 0.29) is 18.4 Å². The van der Waals surface area contributed by atoms with Gasteiger partial charge >= 0.3 is 0 Å². The number of likely N-dealkylation sites (tertiary alicyclic amines) is 1. The lowest BCUT2D eigenvalue weighted by Crippen LogP contribution is -2.46. The van der Waals surface area contributed by atoms with Crippen LogP contribution in [-0.2, 0) is 15.4 Å². The fraction of sp³-hybridized carbons (Fsp3) is 0.462. The third kappa shape index (κ3) is 4.44. The first-order valence-corrected chi connectivity index (χ1v) is 13.0. The molecule has 1 amide bonds. The molecule has 1 aromatic carbocycles. The zero-order valence-electron chi connectivity index (χ0n) is 21.1. The van der Waals surface area contributed by atoms with Crippen LogP contribution in [0.25, 0.3) is 10.4 Å². The van der Waals surface area contributed by atoms with Gasteiger partial charge in [0.25, 0.3) is 0 Å². The zero-order valence-corrected chi connectivity index (χ0v) is 21.9. The van der Waals surface area contributed by atoms with Crippen molar-refractivity contribution in [3.63, 3.8) is 0 Å². The second kappa shape index (κ2) is 9.42. The van der Waals surface area contributed by atoms with Crippen LogP contribution in [-0.4, -0.2) is 50.6 Å². The minimum atomic E-state index is -0.960. The maximum Gasteiger partial charge on any atom is 0.234 e. The van der Waals surface area contributed by atoms with Crippen LogP contribution in [0.2, 0.25) is 0 Å². The summed E-state index contributed by atoms with van der Waals surface area (Å²) < 4.78 is 5.46. The number of β-amino-alcohol motifs (C(OH)–C–C–N with tert-alkyl or cyclic N) is 1. The number of hydrogen-bond acceptors (Lipinski definition) is 9. The summed E-state index contributed by atoms with van der Waals surface area (Å²) in [5.74, 6) is 0.428. The highest BCUT2D eigenvalue weighted by Crippen LogP contribution is 2.36. The van der Waals surface area contributed by atoms with Crippen molar-refractivity contribution >= 4 is 23.1 Å². The molecular weight excluding hydrogens is 478 g/mol. The monoisotopic (exact) mass is 509 g/mol. The summed E-state index contributed by atoms with van der Waals surface area (Å²) in [6, 6.07) is 9.44. The Kier molecular flexibility index (Phi) is 6.44. The largest absolute Gasteiger partial charge is 0.391 e.